The molecule has 0 saturated carbocycles. The minimum atomic E-state index is -0.498. The van der Waals surface area contributed by atoms with Crippen molar-refractivity contribution in [3.8, 4) is 0 Å². The van der Waals surface area contributed by atoms with Crippen molar-refractivity contribution in [1.82, 2.24) is 0 Å². The molecule has 0 bridgehead atoms. The molecule has 0 heterocycles. The summed E-state index contributed by atoms with van der Waals surface area (Å²) >= 11 is 3.52. The summed E-state index contributed by atoms with van der Waals surface area (Å²) in [7, 11) is 0. The first-order valence-corrected chi connectivity index (χ1v) is 2.63. The van der Waals surface area contributed by atoms with Gasteiger partial charge in [0.15, 0.2) is 0 Å². The number of hydrogen-bond acceptors (Lipinski definition) is 3. The Morgan fingerprint density at radius 3 is 2.38 bits per heavy atom. The van der Waals surface area contributed by atoms with Gasteiger partial charge < -0.3 is 5.73 Å². The first-order valence-electron chi connectivity index (χ1n) is 2.23. The zero-order chi connectivity index (χ0) is 6.57. The number of carbonyl (C=O) groups is 1. The summed E-state index contributed by atoms with van der Waals surface area (Å²) in [5.41, 5.74) is 5.15. The van der Waals surface area contributed by atoms with Gasteiger partial charge in [0.25, 0.3) is 5.91 Å². The number of nitrogens with zero attached hydrogens (tertiary/aromatic N) is 1. The molecule has 1 amide bonds. The number of rotatable bonds is 2. The van der Waals surface area contributed by atoms with E-state index < -0.39 is 5.91 Å². The van der Waals surface area contributed by atoms with Crippen LogP contribution in [0.2, 0.25) is 0 Å². The molecule has 0 aliphatic carbocycles. The third-order valence-corrected chi connectivity index (χ3v) is 0.981. The van der Waals surface area contributed by atoms with Crippen LogP contribution in [0, 0.1) is 0 Å². The monoisotopic (exact) mass is 132 g/mol. The fourth-order valence-electron chi connectivity index (χ4n) is 0.294. The molecule has 0 saturated heterocycles. The standard InChI is InChI=1S/C4H8N2OS/c1-2-3(6-8)4(5)7/h8H,2H2,1H3,(H2,5,7). The van der Waals surface area contributed by atoms with Gasteiger partial charge in [-0.3, -0.25) is 4.79 Å². The van der Waals surface area contributed by atoms with Gasteiger partial charge in [0.2, 0.25) is 0 Å². The molecule has 0 rings (SSSR count). The summed E-state index contributed by atoms with van der Waals surface area (Å²) in [4.78, 5) is 10.2. The molecule has 0 aliphatic heterocycles. The van der Waals surface area contributed by atoms with E-state index in [1.807, 2.05) is 0 Å². The van der Waals surface area contributed by atoms with E-state index in [0.717, 1.165) is 0 Å². The third-order valence-electron chi connectivity index (χ3n) is 0.740. The van der Waals surface area contributed by atoms with Gasteiger partial charge in [0, 0.05) is 0 Å². The predicted molar refractivity (Wildman–Crippen MR) is 35.9 cm³/mol. The lowest BCUT2D eigenvalue weighted by molar-refractivity contribution is -0.112. The van der Waals surface area contributed by atoms with Crippen LogP contribution in [0.25, 0.3) is 0 Å². The van der Waals surface area contributed by atoms with Gasteiger partial charge in [-0.25, -0.2) is 4.40 Å². The largest absolute Gasteiger partial charge is 0.365 e. The summed E-state index contributed by atoms with van der Waals surface area (Å²) in [5.74, 6) is -0.498. The predicted octanol–water partition coefficient (Wildman–Crippen LogP) is 0.168. The maximum atomic E-state index is 10.2. The molecule has 0 aliphatic rings. The molecule has 3 nitrogen and oxygen atoms in total. The molecule has 0 atom stereocenters. The van der Waals surface area contributed by atoms with E-state index in [1.165, 1.54) is 0 Å². The number of primary amides is 1. The van der Waals surface area contributed by atoms with Crippen molar-refractivity contribution in [1.29, 1.82) is 0 Å². The highest BCUT2D eigenvalue weighted by Gasteiger charge is 1.99. The van der Waals surface area contributed by atoms with E-state index >= 15 is 0 Å². The Kier molecular flexibility index (Phi) is 3.26. The molecule has 0 aromatic rings. The molecule has 0 radical (unpaired) electrons. The minimum absolute atomic E-state index is 0.313. The lowest BCUT2D eigenvalue weighted by Gasteiger charge is -1.90. The van der Waals surface area contributed by atoms with Crippen molar-refractivity contribution < 1.29 is 4.79 Å². The van der Waals surface area contributed by atoms with Crippen molar-refractivity contribution in [3.05, 3.63) is 0 Å². The van der Waals surface area contributed by atoms with Crippen LogP contribution in [0.15, 0.2) is 4.40 Å². The Bertz CT molecular complexity index is 121. The summed E-state index contributed by atoms with van der Waals surface area (Å²) in [6.45, 7) is 1.79. The van der Waals surface area contributed by atoms with Crippen LogP contribution < -0.4 is 5.73 Å². The van der Waals surface area contributed by atoms with E-state index in [0.29, 0.717) is 12.1 Å². The van der Waals surface area contributed by atoms with Crippen LogP contribution in [0.5, 0.6) is 0 Å². The van der Waals surface area contributed by atoms with E-state index in [9.17, 15) is 4.79 Å². The van der Waals surface area contributed by atoms with Crippen LogP contribution in [0.4, 0.5) is 0 Å². The maximum Gasteiger partial charge on any atom is 0.263 e. The molecule has 8 heavy (non-hydrogen) atoms. The zero-order valence-corrected chi connectivity index (χ0v) is 5.48. The molecule has 0 fully saturated rings. The second-order valence-electron chi connectivity index (χ2n) is 1.26. The van der Waals surface area contributed by atoms with Gasteiger partial charge in [0.05, 0.1) is 0 Å². The second-order valence-corrected chi connectivity index (χ2v) is 1.46. The molecule has 0 spiro atoms. The fourth-order valence-corrected chi connectivity index (χ4v) is 0.534. The van der Waals surface area contributed by atoms with Crippen LogP contribution in [0.1, 0.15) is 13.3 Å². The molecular weight excluding hydrogens is 124 g/mol. The topological polar surface area (TPSA) is 55.4 Å². The van der Waals surface area contributed by atoms with Gasteiger partial charge >= 0.3 is 0 Å². The average molecular weight is 132 g/mol. The van der Waals surface area contributed by atoms with Crippen molar-refractivity contribution in [2.24, 2.45) is 10.1 Å². The molecule has 0 aromatic carbocycles. The molecule has 46 valence electrons. The number of thiol groups is 1. The van der Waals surface area contributed by atoms with Gasteiger partial charge in [0.1, 0.15) is 5.71 Å². The third kappa shape index (κ3) is 1.97. The molecule has 4 heteroatoms. The number of carbonyl (C=O) groups excluding carboxylic acids is 1. The minimum Gasteiger partial charge on any atom is -0.365 e. The Hall–Kier alpha value is -0.510. The van der Waals surface area contributed by atoms with Gasteiger partial charge in [-0.2, -0.15) is 0 Å². The van der Waals surface area contributed by atoms with E-state index in [-0.39, 0.29) is 0 Å². The normalized spacial score (nSPS) is 11.5. The SMILES string of the molecule is CCC(=NS)C(N)=O. The highest BCUT2D eigenvalue weighted by Crippen LogP contribution is 1.86. The van der Waals surface area contributed by atoms with Gasteiger partial charge in [-0.05, 0) is 19.2 Å². The zero-order valence-electron chi connectivity index (χ0n) is 4.59. The number of hydrogen-bond donors (Lipinski definition) is 2. The Morgan fingerprint density at radius 1 is 1.88 bits per heavy atom. The van der Waals surface area contributed by atoms with Crippen molar-refractivity contribution >= 4 is 24.4 Å². The Labute approximate surface area is 53.5 Å². The summed E-state index contributed by atoms with van der Waals surface area (Å²) in [5, 5.41) is 0. The Balaban J connectivity index is 3.92. The molecular formula is C4H8N2OS. The first-order chi connectivity index (χ1) is 3.72. The first kappa shape index (κ1) is 7.49. The quantitative estimate of drug-likeness (QED) is 0.408. The van der Waals surface area contributed by atoms with Crippen LogP contribution >= 0.6 is 12.8 Å². The van der Waals surface area contributed by atoms with Crippen molar-refractivity contribution in [2.45, 2.75) is 13.3 Å². The summed E-state index contributed by atoms with van der Waals surface area (Å²) in [6.07, 6.45) is 0.541. The Morgan fingerprint density at radius 2 is 2.38 bits per heavy atom. The van der Waals surface area contributed by atoms with E-state index in [2.05, 4.69) is 17.2 Å². The van der Waals surface area contributed by atoms with Crippen molar-refractivity contribution in [3.63, 3.8) is 0 Å². The smallest absolute Gasteiger partial charge is 0.263 e. The van der Waals surface area contributed by atoms with Crippen LogP contribution in [-0.2, 0) is 4.79 Å². The lowest BCUT2D eigenvalue weighted by Crippen LogP contribution is -2.21. The van der Waals surface area contributed by atoms with Gasteiger partial charge in [-0.1, -0.05) is 6.92 Å². The lowest BCUT2D eigenvalue weighted by atomic mass is 10.3. The molecule has 0 unspecified atom stereocenters. The number of amides is 1. The molecule has 0 aromatic heterocycles. The van der Waals surface area contributed by atoms with Crippen LogP contribution in [-0.4, -0.2) is 11.6 Å². The van der Waals surface area contributed by atoms with E-state index in [4.69, 9.17) is 5.73 Å². The number of nitrogens with two attached hydrogens (primary N) is 1. The highest BCUT2D eigenvalue weighted by atomic mass is 32.1. The van der Waals surface area contributed by atoms with Gasteiger partial charge in [-0.15, -0.1) is 0 Å². The average Bonchev–Trinajstić information content (AvgIpc) is 1.69. The maximum absolute atomic E-state index is 10.2. The summed E-state index contributed by atoms with van der Waals surface area (Å²) in [6, 6.07) is 0. The van der Waals surface area contributed by atoms with Crippen LogP contribution in [0.3, 0.4) is 0 Å². The molecule has 2 N–H and O–H groups in total. The summed E-state index contributed by atoms with van der Waals surface area (Å²) < 4.78 is 3.34. The van der Waals surface area contributed by atoms with E-state index in [1.54, 1.807) is 6.92 Å². The van der Waals surface area contributed by atoms with Crippen molar-refractivity contribution in [2.75, 3.05) is 0 Å². The second kappa shape index (κ2) is 3.49. The fraction of sp³-hybridized carbons (Fsp3) is 0.500. The highest BCUT2D eigenvalue weighted by molar-refractivity contribution is 7.79.